The summed E-state index contributed by atoms with van der Waals surface area (Å²) in [7, 11) is -1.74. The fourth-order valence-corrected chi connectivity index (χ4v) is 6.11. The Morgan fingerprint density at radius 3 is 2.38 bits per heavy atom. The molecule has 2 aliphatic heterocycles. The molecule has 9 heteroatoms. The number of benzene rings is 2. The van der Waals surface area contributed by atoms with Gasteiger partial charge in [0.15, 0.2) is 0 Å². The lowest BCUT2D eigenvalue weighted by atomic mass is 9.97. The summed E-state index contributed by atoms with van der Waals surface area (Å²) in [5.74, 6) is -0.376. The van der Waals surface area contributed by atoms with Crippen molar-refractivity contribution < 1.29 is 17.5 Å². The van der Waals surface area contributed by atoms with Gasteiger partial charge in [-0.15, -0.1) is 4.40 Å². The molecule has 2 aromatic rings. The zero-order chi connectivity index (χ0) is 24.5. The van der Waals surface area contributed by atoms with Gasteiger partial charge in [0.05, 0.1) is 6.04 Å². The van der Waals surface area contributed by atoms with E-state index < -0.39 is 26.9 Å². The molecule has 7 nitrogen and oxygen atoms in total. The van der Waals surface area contributed by atoms with Crippen molar-refractivity contribution in [2.24, 2.45) is 4.40 Å². The van der Waals surface area contributed by atoms with Crippen LogP contribution in [0.5, 0.6) is 0 Å². The maximum Gasteiger partial charge on any atom is 0.301 e. The Balaban J connectivity index is 1.48. The molecule has 0 saturated carbocycles. The first-order valence-corrected chi connectivity index (χ1v) is 13.1. The third-order valence-corrected chi connectivity index (χ3v) is 8.52. The van der Waals surface area contributed by atoms with Crippen molar-refractivity contribution in [2.75, 3.05) is 38.1 Å². The molecule has 184 valence electrons. The third-order valence-electron chi connectivity index (χ3n) is 6.64. The second-order valence-electron chi connectivity index (χ2n) is 9.65. The number of rotatable bonds is 5. The second kappa shape index (κ2) is 9.54. The van der Waals surface area contributed by atoms with Gasteiger partial charge in [0.25, 0.3) is 10.0 Å². The lowest BCUT2D eigenvalue weighted by molar-refractivity contribution is 0.0769. The Bertz CT molecular complexity index is 1140. The number of amidine groups is 1. The Morgan fingerprint density at radius 1 is 1.12 bits per heavy atom. The van der Waals surface area contributed by atoms with E-state index in [-0.39, 0.29) is 18.3 Å². The van der Waals surface area contributed by atoms with Gasteiger partial charge in [-0.25, -0.2) is 12.8 Å². The summed E-state index contributed by atoms with van der Waals surface area (Å²) in [4.78, 5) is 4.65. The first-order chi connectivity index (χ1) is 16.0. The zero-order valence-electron chi connectivity index (χ0n) is 20.2. The number of piperazine rings is 1. The van der Waals surface area contributed by atoms with Crippen LogP contribution in [0.2, 0.25) is 0 Å². The predicted octanol–water partition coefficient (Wildman–Crippen LogP) is 3.33. The van der Waals surface area contributed by atoms with Gasteiger partial charge in [0.2, 0.25) is 0 Å². The summed E-state index contributed by atoms with van der Waals surface area (Å²) in [5, 5.41) is 2.07. The number of sulfonamides is 1. The molecular weight excluding hydrogens is 455 g/mol. The van der Waals surface area contributed by atoms with E-state index in [9.17, 15) is 12.8 Å². The Labute approximate surface area is 201 Å². The van der Waals surface area contributed by atoms with Gasteiger partial charge in [0.1, 0.15) is 16.7 Å². The summed E-state index contributed by atoms with van der Waals surface area (Å²) in [5.41, 5.74) is 1.44. The number of nitrogens with one attached hydrogen (secondary N) is 1. The van der Waals surface area contributed by atoms with Crippen molar-refractivity contribution in [2.45, 2.75) is 44.1 Å². The summed E-state index contributed by atoms with van der Waals surface area (Å²) in [6.45, 7) is 9.23. The zero-order valence-corrected chi connectivity index (χ0v) is 21.0. The maximum atomic E-state index is 14.1. The molecule has 2 aliphatic rings. The lowest BCUT2D eigenvalue weighted by Gasteiger charge is -2.37. The molecule has 0 aromatic heterocycles. The van der Waals surface area contributed by atoms with Crippen molar-refractivity contribution in [1.82, 2.24) is 10.2 Å². The monoisotopic (exact) mass is 488 g/mol. The Morgan fingerprint density at radius 2 is 1.76 bits per heavy atom. The summed E-state index contributed by atoms with van der Waals surface area (Å²) in [6, 6.07) is 13.8. The van der Waals surface area contributed by atoms with Crippen LogP contribution in [-0.4, -0.2) is 63.4 Å². The molecule has 4 rings (SSSR count). The van der Waals surface area contributed by atoms with Gasteiger partial charge in [-0.3, -0.25) is 0 Å². The molecular formula is C25H33FN4O3S. The van der Waals surface area contributed by atoms with Gasteiger partial charge in [0, 0.05) is 37.4 Å². The van der Waals surface area contributed by atoms with Crippen LogP contribution in [0.1, 0.15) is 37.9 Å². The predicted molar refractivity (Wildman–Crippen MR) is 133 cm³/mol. The Kier molecular flexibility index (Phi) is 6.87. The molecule has 0 unspecified atom stereocenters. The molecule has 2 aromatic carbocycles. The SMILES string of the molecule is C[C@H](NC1=NS(=O)(=O)[C@H](Cc2ccc(N3CCN(C)CC3)cc2)C(C)(C)O1)c1ccccc1F. The van der Waals surface area contributed by atoms with E-state index in [0.717, 1.165) is 37.4 Å². The number of likely N-dealkylation sites (N-methyl/N-ethyl adjacent to an activating group) is 1. The second-order valence-corrected chi connectivity index (χ2v) is 11.4. The highest BCUT2D eigenvalue weighted by atomic mass is 32.2. The lowest BCUT2D eigenvalue weighted by Crippen LogP contribution is -2.52. The number of anilines is 1. The fourth-order valence-electron chi connectivity index (χ4n) is 4.49. The quantitative estimate of drug-likeness (QED) is 0.696. The van der Waals surface area contributed by atoms with Crippen molar-refractivity contribution >= 4 is 21.7 Å². The van der Waals surface area contributed by atoms with E-state index in [4.69, 9.17) is 4.74 Å². The van der Waals surface area contributed by atoms with Crippen LogP contribution in [0, 0.1) is 5.82 Å². The minimum atomic E-state index is -3.86. The highest BCUT2D eigenvalue weighted by molar-refractivity contribution is 7.91. The van der Waals surface area contributed by atoms with Gasteiger partial charge < -0.3 is 19.9 Å². The largest absolute Gasteiger partial charge is 0.457 e. The van der Waals surface area contributed by atoms with Gasteiger partial charge in [-0.1, -0.05) is 30.3 Å². The molecule has 2 atom stereocenters. The van der Waals surface area contributed by atoms with Crippen LogP contribution in [0.15, 0.2) is 52.9 Å². The van der Waals surface area contributed by atoms with E-state index in [1.807, 2.05) is 12.1 Å². The molecule has 34 heavy (non-hydrogen) atoms. The van der Waals surface area contributed by atoms with E-state index >= 15 is 0 Å². The fraction of sp³-hybridized carbons (Fsp3) is 0.480. The molecule has 2 heterocycles. The van der Waals surface area contributed by atoms with Crippen LogP contribution < -0.4 is 10.2 Å². The molecule has 0 radical (unpaired) electrons. The summed E-state index contributed by atoms with van der Waals surface area (Å²) < 4.78 is 50.3. The van der Waals surface area contributed by atoms with Crippen LogP contribution in [0.25, 0.3) is 0 Å². The van der Waals surface area contributed by atoms with Crippen LogP contribution in [-0.2, 0) is 21.2 Å². The third kappa shape index (κ3) is 5.36. The van der Waals surface area contributed by atoms with Crippen molar-refractivity contribution in [3.8, 4) is 0 Å². The van der Waals surface area contributed by atoms with Crippen LogP contribution in [0.4, 0.5) is 10.1 Å². The minimum absolute atomic E-state index is 0.109. The van der Waals surface area contributed by atoms with Crippen molar-refractivity contribution in [3.05, 3.63) is 65.5 Å². The number of hydrogen-bond acceptors (Lipinski definition) is 6. The highest BCUT2D eigenvalue weighted by Crippen LogP contribution is 2.31. The van der Waals surface area contributed by atoms with Gasteiger partial charge in [-0.05, 0) is 58.0 Å². The number of halogens is 1. The molecule has 1 saturated heterocycles. The molecule has 0 spiro atoms. The van der Waals surface area contributed by atoms with Crippen LogP contribution >= 0.6 is 0 Å². The average molecular weight is 489 g/mol. The standard InChI is InChI=1S/C25H33FN4O3S/c1-18(21-7-5-6-8-22(21)26)27-24-28-34(31,32)23(25(2,3)33-24)17-19-9-11-20(12-10-19)30-15-13-29(4)14-16-30/h5-12,18,23H,13-17H2,1-4H3,(H,27,28)/t18-,23+/m0/s1. The van der Waals surface area contributed by atoms with E-state index in [0.29, 0.717) is 5.56 Å². The molecule has 1 N–H and O–H groups in total. The molecule has 0 amide bonds. The van der Waals surface area contributed by atoms with Crippen molar-refractivity contribution in [3.63, 3.8) is 0 Å². The van der Waals surface area contributed by atoms with Gasteiger partial charge >= 0.3 is 6.02 Å². The average Bonchev–Trinajstić information content (AvgIpc) is 2.77. The normalized spacial score (nSPS) is 23.0. The first kappa shape index (κ1) is 24.5. The molecule has 0 bridgehead atoms. The van der Waals surface area contributed by atoms with E-state index in [1.54, 1.807) is 39.0 Å². The first-order valence-electron chi connectivity index (χ1n) is 11.6. The van der Waals surface area contributed by atoms with Crippen molar-refractivity contribution in [1.29, 1.82) is 0 Å². The number of ether oxygens (including phenoxy) is 1. The molecule has 0 aliphatic carbocycles. The smallest absolute Gasteiger partial charge is 0.301 e. The van der Waals surface area contributed by atoms with Gasteiger partial charge in [-0.2, -0.15) is 0 Å². The maximum absolute atomic E-state index is 14.1. The number of nitrogens with zero attached hydrogens (tertiary/aromatic N) is 3. The van der Waals surface area contributed by atoms with E-state index in [2.05, 4.69) is 38.7 Å². The Hall–Kier alpha value is -2.65. The topological polar surface area (TPSA) is 74.2 Å². The highest BCUT2D eigenvalue weighted by Gasteiger charge is 2.46. The molecule has 1 fully saturated rings. The van der Waals surface area contributed by atoms with E-state index in [1.165, 1.54) is 6.07 Å². The summed E-state index contributed by atoms with van der Waals surface area (Å²) in [6.07, 6.45) is 0.290. The number of hydrogen-bond donors (Lipinski definition) is 1. The van der Waals surface area contributed by atoms with Crippen LogP contribution in [0.3, 0.4) is 0 Å². The summed E-state index contributed by atoms with van der Waals surface area (Å²) >= 11 is 0. The minimum Gasteiger partial charge on any atom is -0.457 e.